The Hall–Kier alpha value is -1.55. The summed E-state index contributed by atoms with van der Waals surface area (Å²) in [6, 6.07) is 8.46. The van der Waals surface area contributed by atoms with Crippen molar-refractivity contribution in [2.45, 2.75) is 65.1 Å². The highest BCUT2D eigenvalue weighted by atomic mass is 16.6. The molecule has 1 aliphatic heterocycles. The van der Waals surface area contributed by atoms with Crippen LogP contribution in [0.1, 0.15) is 64.1 Å². The second kappa shape index (κ2) is 7.82. The molecule has 0 aromatic heterocycles. The van der Waals surface area contributed by atoms with Crippen molar-refractivity contribution >= 4 is 6.09 Å². The van der Waals surface area contributed by atoms with Gasteiger partial charge >= 0.3 is 6.09 Å². The molecule has 4 nitrogen and oxygen atoms in total. The molecule has 1 N–H and O–H groups in total. The van der Waals surface area contributed by atoms with Crippen LogP contribution in [0.15, 0.2) is 24.3 Å². The zero-order valence-corrected chi connectivity index (χ0v) is 14.9. The van der Waals surface area contributed by atoms with Crippen molar-refractivity contribution in [3.8, 4) is 0 Å². The van der Waals surface area contributed by atoms with Crippen molar-refractivity contribution in [2.24, 2.45) is 0 Å². The molecule has 0 saturated carbocycles. The van der Waals surface area contributed by atoms with Gasteiger partial charge in [0.2, 0.25) is 0 Å². The molecule has 1 aliphatic rings. The van der Waals surface area contributed by atoms with E-state index >= 15 is 0 Å². The number of nitrogens with zero attached hydrogens (tertiary/aromatic N) is 1. The summed E-state index contributed by atoms with van der Waals surface area (Å²) in [6.07, 6.45) is 3.62. The molecule has 1 atom stereocenters. The summed E-state index contributed by atoms with van der Waals surface area (Å²) in [6.45, 7) is 11.0. The molecule has 1 aromatic rings. The fourth-order valence-electron chi connectivity index (χ4n) is 2.86. The van der Waals surface area contributed by atoms with Crippen LogP contribution in [0.5, 0.6) is 0 Å². The number of piperidine rings is 1. The number of rotatable bonds is 4. The number of benzene rings is 1. The van der Waals surface area contributed by atoms with E-state index < -0.39 is 5.60 Å². The second-order valence-electron chi connectivity index (χ2n) is 7.45. The van der Waals surface area contributed by atoms with Gasteiger partial charge in [0.25, 0.3) is 0 Å². The lowest BCUT2D eigenvalue weighted by molar-refractivity contribution is 0.0508. The molecule has 128 valence electrons. The maximum absolute atomic E-state index is 11.8. The summed E-state index contributed by atoms with van der Waals surface area (Å²) >= 11 is 0. The lowest BCUT2D eigenvalue weighted by Crippen LogP contribution is -2.34. The Morgan fingerprint density at radius 1 is 1.17 bits per heavy atom. The Labute approximate surface area is 140 Å². The standard InChI is InChI=1S/C19H30N2O2/c1-15(20-18(22)23-19(2,3)4)17-10-8-16(9-11-17)14-21-12-6-5-7-13-21/h8-11,15H,5-7,12-14H2,1-4H3,(H,20,22)/t15-/m0/s1. The number of alkyl carbamates (subject to hydrolysis) is 1. The highest BCUT2D eigenvalue weighted by molar-refractivity contribution is 5.68. The number of hydrogen-bond donors (Lipinski definition) is 1. The molecule has 0 bridgehead atoms. The first-order chi connectivity index (χ1) is 10.8. The quantitative estimate of drug-likeness (QED) is 0.902. The van der Waals surface area contributed by atoms with Crippen molar-refractivity contribution in [1.29, 1.82) is 0 Å². The lowest BCUT2D eigenvalue weighted by Gasteiger charge is -2.26. The first kappa shape index (κ1) is 17.8. The van der Waals surface area contributed by atoms with E-state index in [0.717, 1.165) is 12.1 Å². The van der Waals surface area contributed by atoms with E-state index in [1.54, 1.807) is 0 Å². The molecule has 0 spiro atoms. The highest BCUT2D eigenvalue weighted by Crippen LogP contribution is 2.17. The van der Waals surface area contributed by atoms with Crippen LogP contribution < -0.4 is 5.32 Å². The van der Waals surface area contributed by atoms with Crippen LogP contribution in [0.3, 0.4) is 0 Å². The number of amides is 1. The molecule has 0 radical (unpaired) electrons. The van der Waals surface area contributed by atoms with E-state index in [4.69, 9.17) is 4.74 Å². The van der Waals surface area contributed by atoms with Gasteiger partial charge < -0.3 is 10.1 Å². The highest BCUT2D eigenvalue weighted by Gasteiger charge is 2.18. The van der Waals surface area contributed by atoms with Crippen molar-refractivity contribution in [3.05, 3.63) is 35.4 Å². The Morgan fingerprint density at radius 2 is 1.78 bits per heavy atom. The zero-order chi connectivity index (χ0) is 16.9. The summed E-state index contributed by atoms with van der Waals surface area (Å²) in [5.41, 5.74) is 1.96. The topological polar surface area (TPSA) is 41.6 Å². The van der Waals surface area contributed by atoms with Crippen LogP contribution in [0, 0.1) is 0 Å². The number of ether oxygens (including phenoxy) is 1. The summed E-state index contributed by atoms with van der Waals surface area (Å²) < 4.78 is 5.30. The van der Waals surface area contributed by atoms with Crippen molar-refractivity contribution in [2.75, 3.05) is 13.1 Å². The molecule has 1 saturated heterocycles. The van der Waals surface area contributed by atoms with Gasteiger partial charge in [-0.3, -0.25) is 4.90 Å². The van der Waals surface area contributed by atoms with Gasteiger partial charge in [0.15, 0.2) is 0 Å². The number of carbonyl (C=O) groups excluding carboxylic acids is 1. The molecular weight excluding hydrogens is 288 g/mol. The molecule has 1 aromatic carbocycles. The van der Waals surface area contributed by atoms with Gasteiger partial charge in [-0.05, 0) is 64.8 Å². The molecule has 1 fully saturated rings. The molecule has 0 aliphatic carbocycles. The van der Waals surface area contributed by atoms with Crippen LogP contribution in [0.4, 0.5) is 4.79 Å². The van der Waals surface area contributed by atoms with Gasteiger partial charge in [0, 0.05) is 6.54 Å². The van der Waals surface area contributed by atoms with Crippen LogP contribution in [-0.2, 0) is 11.3 Å². The predicted molar refractivity (Wildman–Crippen MR) is 93.4 cm³/mol. The van der Waals surface area contributed by atoms with Crippen molar-refractivity contribution in [3.63, 3.8) is 0 Å². The normalized spacial score (nSPS) is 17.6. The first-order valence-corrected chi connectivity index (χ1v) is 8.64. The van der Waals surface area contributed by atoms with Gasteiger partial charge in [0.05, 0.1) is 6.04 Å². The van der Waals surface area contributed by atoms with Gasteiger partial charge in [-0.15, -0.1) is 0 Å². The van der Waals surface area contributed by atoms with Gasteiger partial charge in [-0.1, -0.05) is 30.7 Å². The molecule has 23 heavy (non-hydrogen) atoms. The van der Waals surface area contributed by atoms with Crippen LogP contribution in [0.2, 0.25) is 0 Å². The minimum atomic E-state index is -0.470. The summed E-state index contributed by atoms with van der Waals surface area (Å²) in [5, 5.41) is 2.88. The monoisotopic (exact) mass is 318 g/mol. The fraction of sp³-hybridized carbons (Fsp3) is 0.632. The van der Waals surface area contributed by atoms with E-state index in [1.165, 1.54) is 37.9 Å². The largest absolute Gasteiger partial charge is 0.444 e. The Balaban J connectivity index is 1.86. The maximum Gasteiger partial charge on any atom is 0.408 e. The molecule has 1 amide bonds. The number of nitrogens with one attached hydrogen (secondary N) is 1. The van der Waals surface area contributed by atoms with Crippen molar-refractivity contribution in [1.82, 2.24) is 10.2 Å². The molecule has 2 rings (SSSR count). The van der Waals surface area contributed by atoms with Crippen LogP contribution in [0.25, 0.3) is 0 Å². The maximum atomic E-state index is 11.8. The fourth-order valence-corrected chi connectivity index (χ4v) is 2.86. The van der Waals surface area contributed by atoms with Crippen molar-refractivity contribution < 1.29 is 9.53 Å². The average Bonchev–Trinajstić information content (AvgIpc) is 2.47. The van der Waals surface area contributed by atoms with Crippen LogP contribution >= 0.6 is 0 Å². The average molecular weight is 318 g/mol. The van der Waals surface area contributed by atoms with E-state index in [2.05, 4.69) is 34.5 Å². The van der Waals surface area contributed by atoms with E-state index in [9.17, 15) is 4.79 Å². The van der Waals surface area contributed by atoms with Gasteiger partial charge in [-0.2, -0.15) is 0 Å². The molecular formula is C19H30N2O2. The third kappa shape index (κ3) is 6.22. The zero-order valence-electron chi connectivity index (χ0n) is 14.9. The summed E-state index contributed by atoms with van der Waals surface area (Å²) in [7, 11) is 0. The Bertz CT molecular complexity index is 499. The predicted octanol–water partition coefficient (Wildman–Crippen LogP) is 4.26. The summed E-state index contributed by atoms with van der Waals surface area (Å²) in [4.78, 5) is 14.3. The lowest BCUT2D eigenvalue weighted by atomic mass is 10.0. The van der Waals surface area contributed by atoms with E-state index in [1.807, 2.05) is 27.7 Å². The van der Waals surface area contributed by atoms with Gasteiger partial charge in [0.1, 0.15) is 5.60 Å². The Kier molecular flexibility index (Phi) is 6.05. The van der Waals surface area contributed by atoms with E-state index in [-0.39, 0.29) is 12.1 Å². The number of carbonyl (C=O) groups is 1. The number of likely N-dealkylation sites (tertiary alicyclic amines) is 1. The minimum absolute atomic E-state index is 0.0612. The molecule has 4 heteroatoms. The molecule has 0 unspecified atom stereocenters. The minimum Gasteiger partial charge on any atom is -0.444 e. The van der Waals surface area contributed by atoms with E-state index in [0.29, 0.717) is 0 Å². The third-order valence-electron chi connectivity index (χ3n) is 4.07. The van der Waals surface area contributed by atoms with Crippen LogP contribution in [-0.4, -0.2) is 29.7 Å². The van der Waals surface area contributed by atoms with Gasteiger partial charge in [-0.25, -0.2) is 4.79 Å². The SMILES string of the molecule is C[C@H](NC(=O)OC(C)(C)C)c1ccc(CN2CCCCC2)cc1. The Morgan fingerprint density at radius 3 is 2.35 bits per heavy atom. The summed E-state index contributed by atoms with van der Waals surface area (Å²) in [5.74, 6) is 0. The molecule has 1 heterocycles. The third-order valence-corrected chi connectivity index (χ3v) is 4.07. The smallest absolute Gasteiger partial charge is 0.408 e. The number of hydrogen-bond acceptors (Lipinski definition) is 3. The first-order valence-electron chi connectivity index (χ1n) is 8.64. The second-order valence-corrected chi connectivity index (χ2v) is 7.45.